The minimum absolute atomic E-state index is 0.00299. The number of hydrogen-bond donors (Lipinski definition) is 2. The summed E-state index contributed by atoms with van der Waals surface area (Å²) < 4.78 is 0. The minimum atomic E-state index is -0.793. The fourth-order valence-electron chi connectivity index (χ4n) is 3.14. The number of rotatable bonds is 15. The van der Waals surface area contributed by atoms with Crippen molar-refractivity contribution in [3.05, 3.63) is 35.9 Å². The molecule has 0 aliphatic rings. The molecule has 1 atom stereocenters. The largest absolute Gasteiger partial charge is 0.481 e. The van der Waals surface area contributed by atoms with Crippen LogP contribution in [0.15, 0.2) is 30.3 Å². The van der Waals surface area contributed by atoms with Gasteiger partial charge < -0.3 is 10.4 Å². The molecule has 1 aromatic rings. The number of hydrogen-bond acceptors (Lipinski definition) is 2. The standard InChI is InChI=1S/C22H35NO3/c1-2-3-7-15-20(17-18-22(25)26)23-21(24)16-11-5-4-8-12-19-13-9-6-10-14-19/h6,9-10,13-14,20H,2-5,7-8,11-12,15-18H2,1H3,(H,23,24)(H,25,26)/t20-/m1/s1. The zero-order valence-corrected chi connectivity index (χ0v) is 16.2. The molecule has 0 aliphatic heterocycles. The molecule has 0 bridgehead atoms. The van der Waals surface area contributed by atoms with Crippen LogP contribution in [0.2, 0.25) is 0 Å². The molecule has 0 spiro atoms. The Morgan fingerprint density at radius 3 is 2.35 bits per heavy atom. The van der Waals surface area contributed by atoms with E-state index in [1.54, 1.807) is 0 Å². The second kappa shape index (κ2) is 14.3. The van der Waals surface area contributed by atoms with Gasteiger partial charge >= 0.3 is 5.97 Å². The monoisotopic (exact) mass is 361 g/mol. The Morgan fingerprint density at radius 2 is 1.65 bits per heavy atom. The number of carbonyl (C=O) groups is 2. The average molecular weight is 362 g/mol. The zero-order chi connectivity index (χ0) is 19.0. The summed E-state index contributed by atoms with van der Waals surface area (Å²) in [5, 5.41) is 11.9. The van der Waals surface area contributed by atoms with Crippen molar-refractivity contribution in [3.63, 3.8) is 0 Å². The average Bonchev–Trinajstić information content (AvgIpc) is 2.63. The van der Waals surface area contributed by atoms with Crippen LogP contribution in [-0.2, 0) is 16.0 Å². The number of aryl methyl sites for hydroxylation is 1. The van der Waals surface area contributed by atoms with Gasteiger partial charge in [0.1, 0.15) is 0 Å². The van der Waals surface area contributed by atoms with E-state index in [1.165, 1.54) is 5.56 Å². The van der Waals surface area contributed by atoms with E-state index < -0.39 is 5.97 Å². The number of carboxylic acids is 1. The molecule has 26 heavy (non-hydrogen) atoms. The first kappa shape index (κ1) is 22.2. The highest BCUT2D eigenvalue weighted by Crippen LogP contribution is 2.11. The highest BCUT2D eigenvalue weighted by atomic mass is 16.4. The summed E-state index contributed by atoms with van der Waals surface area (Å²) in [7, 11) is 0. The van der Waals surface area contributed by atoms with Crippen LogP contribution >= 0.6 is 0 Å². The molecule has 146 valence electrons. The molecule has 0 fully saturated rings. The third kappa shape index (κ3) is 11.7. The van der Waals surface area contributed by atoms with Crippen molar-refractivity contribution in [2.45, 2.75) is 90.0 Å². The molecule has 0 aliphatic carbocycles. The topological polar surface area (TPSA) is 66.4 Å². The Morgan fingerprint density at radius 1 is 0.923 bits per heavy atom. The van der Waals surface area contributed by atoms with Gasteiger partial charge in [0.05, 0.1) is 0 Å². The van der Waals surface area contributed by atoms with E-state index in [-0.39, 0.29) is 18.4 Å². The van der Waals surface area contributed by atoms with E-state index in [9.17, 15) is 9.59 Å². The molecule has 4 heteroatoms. The van der Waals surface area contributed by atoms with E-state index >= 15 is 0 Å². The van der Waals surface area contributed by atoms with Crippen LogP contribution in [0.5, 0.6) is 0 Å². The van der Waals surface area contributed by atoms with Crippen molar-refractivity contribution < 1.29 is 14.7 Å². The number of nitrogens with one attached hydrogen (secondary N) is 1. The number of carbonyl (C=O) groups excluding carboxylic acids is 1. The van der Waals surface area contributed by atoms with E-state index in [4.69, 9.17) is 5.11 Å². The van der Waals surface area contributed by atoms with Gasteiger partial charge in [-0.25, -0.2) is 0 Å². The fourth-order valence-corrected chi connectivity index (χ4v) is 3.14. The maximum atomic E-state index is 12.1. The predicted molar refractivity (Wildman–Crippen MR) is 106 cm³/mol. The van der Waals surface area contributed by atoms with Crippen LogP contribution in [0, 0.1) is 0 Å². The lowest BCUT2D eigenvalue weighted by Crippen LogP contribution is -2.35. The van der Waals surface area contributed by atoms with E-state index in [0.29, 0.717) is 12.8 Å². The summed E-state index contributed by atoms with van der Waals surface area (Å²) in [5.41, 5.74) is 1.37. The third-order valence-corrected chi connectivity index (χ3v) is 4.69. The first-order valence-electron chi connectivity index (χ1n) is 10.2. The summed E-state index contributed by atoms with van der Waals surface area (Å²) in [4.78, 5) is 22.9. The first-order valence-corrected chi connectivity index (χ1v) is 10.2. The molecular formula is C22H35NO3. The Labute approximate surface area is 158 Å². The van der Waals surface area contributed by atoms with Gasteiger partial charge in [0.2, 0.25) is 5.91 Å². The number of unbranched alkanes of at least 4 members (excludes halogenated alkanes) is 5. The maximum Gasteiger partial charge on any atom is 0.303 e. The van der Waals surface area contributed by atoms with Crippen molar-refractivity contribution in [2.24, 2.45) is 0 Å². The summed E-state index contributed by atoms with van der Waals surface area (Å²) in [5.74, 6) is -0.724. The van der Waals surface area contributed by atoms with Gasteiger partial charge in [-0.3, -0.25) is 9.59 Å². The number of amides is 1. The lowest BCUT2D eigenvalue weighted by atomic mass is 10.0. The maximum absolute atomic E-state index is 12.1. The lowest BCUT2D eigenvalue weighted by Gasteiger charge is -2.18. The molecule has 1 rings (SSSR count). The third-order valence-electron chi connectivity index (χ3n) is 4.69. The molecule has 2 N–H and O–H groups in total. The van der Waals surface area contributed by atoms with Crippen molar-refractivity contribution in [3.8, 4) is 0 Å². The Kier molecular flexibility index (Phi) is 12.2. The zero-order valence-electron chi connectivity index (χ0n) is 16.2. The van der Waals surface area contributed by atoms with Crippen LogP contribution in [0.1, 0.15) is 83.1 Å². The number of benzene rings is 1. The molecule has 0 unspecified atom stereocenters. The smallest absolute Gasteiger partial charge is 0.303 e. The molecule has 1 amide bonds. The van der Waals surface area contributed by atoms with Gasteiger partial charge in [0, 0.05) is 18.9 Å². The molecule has 0 saturated carbocycles. The highest BCUT2D eigenvalue weighted by Gasteiger charge is 2.13. The summed E-state index contributed by atoms with van der Waals surface area (Å²) in [6.07, 6.45) is 10.7. The first-order chi connectivity index (χ1) is 12.6. The molecule has 0 aromatic heterocycles. The second-order valence-corrected chi connectivity index (χ2v) is 7.09. The Bertz CT molecular complexity index is 501. The number of aliphatic carboxylic acids is 1. The summed E-state index contributed by atoms with van der Waals surface area (Å²) in [6.45, 7) is 2.14. The SMILES string of the molecule is CCCCC[C@H](CCC(=O)O)NC(=O)CCCCCCc1ccccc1. The van der Waals surface area contributed by atoms with Gasteiger partial charge in [-0.1, -0.05) is 69.4 Å². The van der Waals surface area contributed by atoms with Crippen molar-refractivity contribution in [2.75, 3.05) is 0 Å². The van der Waals surface area contributed by atoms with Crippen LogP contribution in [-0.4, -0.2) is 23.0 Å². The van der Waals surface area contributed by atoms with E-state index in [0.717, 1.165) is 57.8 Å². The van der Waals surface area contributed by atoms with Crippen molar-refractivity contribution in [1.29, 1.82) is 0 Å². The lowest BCUT2D eigenvalue weighted by molar-refractivity contribution is -0.137. The quantitative estimate of drug-likeness (QED) is 0.427. The van der Waals surface area contributed by atoms with Gasteiger partial charge in [0.15, 0.2) is 0 Å². The van der Waals surface area contributed by atoms with Crippen LogP contribution in [0.25, 0.3) is 0 Å². The van der Waals surface area contributed by atoms with E-state index in [2.05, 4.69) is 36.5 Å². The van der Waals surface area contributed by atoms with Gasteiger partial charge in [-0.15, -0.1) is 0 Å². The van der Waals surface area contributed by atoms with Gasteiger partial charge in [-0.05, 0) is 37.7 Å². The normalized spacial score (nSPS) is 11.9. The molecule has 1 aromatic carbocycles. The van der Waals surface area contributed by atoms with Gasteiger partial charge in [0.25, 0.3) is 0 Å². The Hall–Kier alpha value is -1.84. The molecule has 0 radical (unpaired) electrons. The Balaban J connectivity index is 2.15. The van der Waals surface area contributed by atoms with Crippen LogP contribution < -0.4 is 5.32 Å². The van der Waals surface area contributed by atoms with Crippen molar-refractivity contribution >= 4 is 11.9 Å². The predicted octanol–water partition coefficient (Wildman–Crippen LogP) is 5.11. The summed E-state index contributed by atoms with van der Waals surface area (Å²) in [6, 6.07) is 10.5. The molecule has 4 nitrogen and oxygen atoms in total. The van der Waals surface area contributed by atoms with E-state index in [1.807, 2.05) is 6.07 Å². The van der Waals surface area contributed by atoms with Crippen LogP contribution in [0.4, 0.5) is 0 Å². The molecule has 0 heterocycles. The second-order valence-electron chi connectivity index (χ2n) is 7.09. The molecule has 0 saturated heterocycles. The fraction of sp³-hybridized carbons (Fsp3) is 0.636. The molecular weight excluding hydrogens is 326 g/mol. The minimum Gasteiger partial charge on any atom is -0.481 e. The van der Waals surface area contributed by atoms with Crippen LogP contribution in [0.3, 0.4) is 0 Å². The van der Waals surface area contributed by atoms with Gasteiger partial charge in [-0.2, -0.15) is 0 Å². The number of carboxylic acid groups (broad SMARTS) is 1. The summed E-state index contributed by atoms with van der Waals surface area (Å²) >= 11 is 0. The highest BCUT2D eigenvalue weighted by molar-refractivity contribution is 5.76. The van der Waals surface area contributed by atoms with Crippen molar-refractivity contribution in [1.82, 2.24) is 5.32 Å².